The Morgan fingerprint density at radius 2 is 2.00 bits per heavy atom. The molecule has 0 radical (unpaired) electrons. The number of nitrogens with two attached hydrogens (primary N) is 1. The number of rotatable bonds is 3. The van der Waals surface area contributed by atoms with E-state index in [0.29, 0.717) is 5.69 Å². The second-order valence-corrected chi connectivity index (χ2v) is 6.26. The minimum absolute atomic E-state index is 0.158. The number of anilines is 2. The minimum Gasteiger partial charge on any atom is -0.384 e. The molecule has 0 bridgehead atoms. The average Bonchev–Trinajstić information content (AvgIpc) is 3.24. The third-order valence-electron chi connectivity index (χ3n) is 4.13. The molecule has 1 aromatic carbocycles. The van der Waals surface area contributed by atoms with Crippen molar-refractivity contribution in [2.45, 2.75) is 13.1 Å². The van der Waals surface area contributed by atoms with E-state index in [1.165, 1.54) is 33.6 Å². The van der Waals surface area contributed by atoms with Crippen molar-refractivity contribution in [1.29, 1.82) is 0 Å². The molecular formula is C18H14F3N7O. The second kappa shape index (κ2) is 6.62. The number of nitrogens with one attached hydrogen (secondary N) is 1. The maximum absolute atomic E-state index is 13.0. The van der Waals surface area contributed by atoms with Crippen LogP contribution in [0.1, 0.15) is 21.6 Å². The van der Waals surface area contributed by atoms with Gasteiger partial charge in [-0.25, -0.2) is 14.2 Å². The highest BCUT2D eigenvalue weighted by Crippen LogP contribution is 2.31. The highest BCUT2D eigenvalue weighted by atomic mass is 19.4. The van der Waals surface area contributed by atoms with Gasteiger partial charge in [0.25, 0.3) is 5.91 Å². The lowest BCUT2D eigenvalue weighted by molar-refractivity contribution is -0.137. The summed E-state index contributed by atoms with van der Waals surface area (Å²) in [5, 5.41) is 10.9. The Hall–Kier alpha value is -3.89. The van der Waals surface area contributed by atoms with Crippen LogP contribution in [-0.4, -0.2) is 30.3 Å². The van der Waals surface area contributed by atoms with Crippen LogP contribution in [0.3, 0.4) is 0 Å². The summed E-state index contributed by atoms with van der Waals surface area (Å²) in [5.74, 6) is -0.127. The van der Waals surface area contributed by atoms with Crippen LogP contribution >= 0.6 is 0 Å². The number of alkyl halides is 3. The molecule has 148 valence electrons. The first-order valence-corrected chi connectivity index (χ1v) is 8.38. The lowest BCUT2D eigenvalue weighted by atomic mass is 10.2. The van der Waals surface area contributed by atoms with Crippen LogP contribution in [0.25, 0.3) is 11.3 Å². The van der Waals surface area contributed by atoms with Gasteiger partial charge in [0, 0.05) is 12.3 Å². The van der Waals surface area contributed by atoms with Crippen LogP contribution in [0.5, 0.6) is 0 Å². The Kier molecular flexibility index (Phi) is 4.22. The molecule has 0 aliphatic heterocycles. The molecule has 0 atom stereocenters. The molecule has 0 aliphatic carbocycles. The zero-order valence-electron chi connectivity index (χ0n) is 15.0. The van der Waals surface area contributed by atoms with Crippen molar-refractivity contribution in [2.75, 3.05) is 11.1 Å². The van der Waals surface area contributed by atoms with Crippen LogP contribution in [0.4, 0.5) is 24.8 Å². The molecule has 0 unspecified atom stereocenters. The SMILES string of the molecule is Cc1cc(NC(=O)c2cnn3ccc(N)nc23)n(-c2cccc(C(F)(F)F)c2)n1. The molecular weight excluding hydrogens is 387 g/mol. The Labute approximate surface area is 161 Å². The first-order chi connectivity index (χ1) is 13.7. The fourth-order valence-electron chi connectivity index (χ4n) is 2.83. The number of aromatic nitrogens is 5. The molecule has 3 aromatic heterocycles. The third kappa shape index (κ3) is 3.49. The first-order valence-electron chi connectivity index (χ1n) is 8.38. The molecule has 0 aliphatic rings. The summed E-state index contributed by atoms with van der Waals surface area (Å²) in [6.07, 6.45) is -1.61. The largest absolute Gasteiger partial charge is 0.416 e. The van der Waals surface area contributed by atoms with Crippen molar-refractivity contribution in [2.24, 2.45) is 0 Å². The lowest BCUT2D eigenvalue weighted by Gasteiger charge is -2.11. The number of nitrogen functional groups attached to an aromatic ring is 1. The fourth-order valence-corrected chi connectivity index (χ4v) is 2.83. The molecule has 0 fully saturated rings. The Morgan fingerprint density at radius 1 is 1.21 bits per heavy atom. The van der Waals surface area contributed by atoms with E-state index in [1.54, 1.807) is 19.2 Å². The van der Waals surface area contributed by atoms with Gasteiger partial charge < -0.3 is 11.1 Å². The summed E-state index contributed by atoms with van der Waals surface area (Å²) < 4.78 is 41.7. The Bertz CT molecular complexity index is 1230. The van der Waals surface area contributed by atoms with Gasteiger partial charge in [-0.1, -0.05) is 6.07 Å². The zero-order valence-corrected chi connectivity index (χ0v) is 15.0. The van der Waals surface area contributed by atoms with Crippen molar-refractivity contribution in [3.63, 3.8) is 0 Å². The molecule has 29 heavy (non-hydrogen) atoms. The van der Waals surface area contributed by atoms with E-state index in [0.717, 1.165) is 12.1 Å². The van der Waals surface area contributed by atoms with Gasteiger partial charge in [0.2, 0.25) is 0 Å². The molecule has 8 nitrogen and oxygen atoms in total. The molecule has 0 spiro atoms. The molecule has 1 amide bonds. The molecule has 4 aromatic rings. The monoisotopic (exact) mass is 401 g/mol. The second-order valence-electron chi connectivity index (χ2n) is 6.26. The predicted octanol–water partition coefficient (Wildman–Crippen LogP) is 3.08. The summed E-state index contributed by atoms with van der Waals surface area (Å²) in [6.45, 7) is 1.66. The normalized spacial score (nSPS) is 11.7. The highest BCUT2D eigenvalue weighted by molar-refractivity contribution is 6.08. The molecule has 11 heteroatoms. The number of carbonyl (C=O) groups excluding carboxylic acids is 1. The van der Waals surface area contributed by atoms with Crippen LogP contribution in [0.2, 0.25) is 0 Å². The topological polar surface area (TPSA) is 103 Å². The first kappa shape index (κ1) is 18.5. The summed E-state index contributed by atoms with van der Waals surface area (Å²) in [6, 6.07) is 7.75. The maximum Gasteiger partial charge on any atom is 0.416 e. The molecule has 3 N–H and O–H groups in total. The van der Waals surface area contributed by atoms with Gasteiger partial charge in [0.05, 0.1) is 23.1 Å². The summed E-state index contributed by atoms with van der Waals surface area (Å²) in [5.41, 5.74) is 5.94. The smallest absolute Gasteiger partial charge is 0.384 e. The van der Waals surface area contributed by atoms with E-state index in [4.69, 9.17) is 5.73 Å². The average molecular weight is 401 g/mol. The van der Waals surface area contributed by atoms with Crippen molar-refractivity contribution in [1.82, 2.24) is 24.4 Å². The zero-order chi connectivity index (χ0) is 20.8. The number of hydrogen-bond acceptors (Lipinski definition) is 5. The van der Waals surface area contributed by atoms with Gasteiger partial charge in [-0.2, -0.15) is 23.4 Å². The molecule has 0 saturated carbocycles. The number of fused-ring (bicyclic) bond motifs is 1. The van der Waals surface area contributed by atoms with Gasteiger partial charge >= 0.3 is 6.18 Å². The Morgan fingerprint density at radius 3 is 2.76 bits per heavy atom. The van der Waals surface area contributed by atoms with Crippen LogP contribution in [0.15, 0.2) is 48.8 Å². The predicted molar refractivity (Wildman–Crippen MR) is 98.7 cm³/mol. The Balaban J connectivity index is 1.70. The van der Waals surface area contributed by atoms with Crippen molar-refractivity contribution >= 4 is 23.2 Å². The van der Waals surface area contributed by atoms with E-state index in [2.05, 4.69) is 20.5 Å². The standard InChI is InChI=1S/C18H14F3N7O/c1-10-7-15(28(26-10)12-4-2-3-11(8-12)18(19,20)21)25-17(29)13-9-23-27-6-5-14(22)24-16(13)27/h2-9H,1H3,(H2,22,24)(H,25,29). The van der Waals surface area contributed by atoms with Gasteiger partial charge in [-0.15, -0.1) is 0 Å². The van der Waals surface area contributed by atoms with Crippen LogP contribution < -0.4 is 11.1 Å². The maximum atomic E-state index is 13.0. The van der Waals surface area contributed by atoms with Gasteiger partial charge in [-0.3, -0.25) is 4.79 Å². The minimum atomic E-state index is -4.50. The summed E-state index contributed by atoms with van der Waals surface area (Å²) in [7, 11) is 0. The van der Waals surface area contributed by atoms with E-state index in [9.17, 15) is 18.0 Å². The van der Waals surface area contributed by atoms with Crippen molar-refractivity contribution in [3.05, 3.63) is 65.6 Å². The number of benzene rings is 1. The molecule has 0 saturated heterocycles. The highest BCUT2D eigenvalue weighted by Gasteiger charge is 2.30. The van der Waals surface area contributed by atoms with E-state index < -0.39 is 17.6 Å². The molecule has 4 rings (SSSR count). The number of amides is 1. The van der Waals surface area contributed by atoms with E-state index in [1.807, 2.05) is 0 Å². The van der Waals surface area contributed by atoms with Gasteiger partial charge in [0.1, 0.15) is 17.2 Å². The number of hydrogen-bond donors (Lipinski definition) is 2. The van der Waals surface area contributed by atoms with Crippen LogP contribution in [0, 0.1) is 6.92 Å². The van der Waals surface area contributed by atoms with E-state index >= 15 is 0 Å². The van der Waals surface area contributed by atoms with Gasteiger partial charge in [-0.05, 0) is 31.2 Å². The third-order valence-corrected chi connectivity index (χ3v) is 4.13. The summed E-state index contributed by atoms with van der Waals surface area (Å²) >= 11 is 0. The molecule has 3 heterocycles. The van der Waals surface area contributed by atoms with Gasteiger partial charge in [0.15, 0.2) is 5.65 Å². The number of aryl methyl sites for hydroxylation is 1. The number of nitrogens with zero attached hydrogens (tertiary/aromatic N) is 5. The fraction of sp³-hybridized carbons (Fsp3) is 0.111. The van der Waals surface area contributed by atoms with Crippen molar-refractivity contribution in [3.8, 4) is 5.69 Å². The quantitative estimate of drug-likeness (QED) is 0.549. The van der Waals surface area contributed by atoms with E-state index in [-0.39, 0.29) is 28.5 Å². The number of carbonyl (C=O) groups is 1. The summed E-state index contributed by atoms with van der Waals surface area (Å²) in [4.78, 5) is 16.8. The lowest BCUT2D eigenvalue weighted by Crippen LogP contribution is -2.16. The van der Waals surface area contributed by atoms with Crippen molar-refractivity contribution < 1.29 is 18.0 Å². The van der Waals surface area contributed by atoms with Crippen LogP contribution in [-0.2, 0) is 6.18 Å². The number of halogens is 3.